The Kier molecular flexibility index (Phi) is 5.31. The van der Waals surface area contributed by atoms with Gasteiger partial charge in [0.25, 0.3) is 0 Å². The average molecular weight is 388 g/mol. The van der Waals surface area contributed by atoms with E-state index in [2.05, 4.69) is 97.0 Å². The van der Waals surface area contributed by atoms with Crippen molar-refractivity contribution < 1.29 is 0 Å². The number of nitrogens with zero attached hydrogens (tertiary/aromatic N) is 2. The largest absolute Gasteiger partial charge is 0.372 e. The molecule has 0 aliphatic carbocycles. The molecular weight excluding hydrogens is 362 g/mol. The maximum absolute atomic E-state index is 4.81. The third-order valence-corrected chi connectivity index (χ3v) is 5.89. The molecule has 0 radical (unpaired) electrons. The molecule has 4 heteroatoms. The predicted octanol–water partition coefficient (Wildman–Crippen LogP) is 6.86. The summed E-state index contributed by atoms with van der Waals surface area (Å²) < 4.78 is 0. The fourth-order valence-corrected chi connectivity index (χ4v) is 4.23. The molecule has 0 fully saturated rings. The smallest absolute Gasteiger partial charge is 0.187 e. The van der Waals surface area contributed by atoms with Gasteiger partial charge < -0.3 is 10.2 Å². The molecule has 1 aromatic heterocycles. The molecule has 3 nitrogen and oxygen atoms in total. The monoisotopic (exact) mass is 387 g/mol. The zero-order valence-corrected chi connectivity index (χ0v) is 17.4. The molecule has 4 aromatic rings. The lowest BCUT2D eigenvalue weighted by Gasteiger charge is -2.22. The van der Waals surface area contributed by atoms with Crippen molar-refractivity contribution in [2.45, 2.75) is 20.8 Å². The zero-order chi connectivity index (χ0) is 19.5. The number of fused-ring (bicyclic) bond motifs is 1. The summed E-state index contributed by atoms with van der Waals surface area (Å²) in [7, 11) is 0. The second-order valence-electron chi connectivity index (χ2n) is 6.90. The summed E-state index contributed by atoms with van der Waals surface area (Å²) in [5.74, 6) is 0. The molecule has 3 aromatic carbocycles. The number of nitrogens with one attached hydrogen (secondary N) is 1. The maximum atomic E-state index is 4.81. The van der Waals surface area contributed by atoms with Crippen molar-refractivity contribution in [2.24, 2.45) is 0 Å². The number of aryl methyl sites for hydroxylation is 1. The van der Waals surface area contributed by atoms with Crippen molar-refractivity contribution in [2.75, 3.05) is 23.3 Å². The molecule has 0 amide bonds. The van der Waals surface area contributed by atoms with Crippen LogP contribution in [0.25, 0.3) is 22.0 Å². The Labute approximate surface area is 170 Å². The van der Waals surface area contributed by atoms with E-state index in [0.29, 0.717) is 0 Å². The molecule has 0 bridgehead atoms. The van der Waals surface area contributed by atoms with Gasteiger partial charge in [-0.15, -0.1) is 11.3 Å². The Balaban J connectivity index is 1.56. The average Bonchev–Trinajstić information content (AvgIpc) is 3.19. The van der Waals surface area contributed by atoms with Crippen LogP contribution in [0.4, 0.5) is 16.5 Å². The first-order valence-electron chi connectivity index (χ1n) is 9.75. The summed E-state index contributed by atoms with van der Waals surface area (Å²) in [4.78, 5) is 7.17. The van der Waals surface area contributed by atoms with Gasteiger partial charge in [-0.25, -0.2) is 4.98 Å². The SMILES string of the molecule is CCN(CC)c1ccc(Nc2nc(-c3ccc4ccccc4c3)cs2)c(C)c1. The van der Waals surface area contributed by atoms with E-state index in [1.54, 1.807) is 11.3 Å². The highest BCUT2D eigenvalue weighted by molar-refractivity contribution is 7.14. The van der Waals surface area contributed by atoms with E-state index in [-0.39, 0.29) is 0 Å². The van der Waals surface area contributed by atoms with Crippen LogP contribution in [0.3, 0.4) is 0 Å². The van der Waals surface area contributed by atoms with Crippen LogP contribution in [-0.4, -0.2) is 18.1 Å². The van der Waals surface area contributed by atoms with Gasteiger partial charge in [0.1, 0.15) is 0 Å². The summed E-state index contributed by atoms with van der Waals surface area (Å²) in [6.45, 7) is 8.56. The summed E-state index contributed by atoms with van der Waals surface area (Å²) in [5.41, 5.74) is 5.76. The predicted molar refractivity (Wildman–Crippen MR) is 123 cm³/mol. The van der Waals surface area contributed by atoms with E-state index >= 15 is 0 Å². The van der Waals surface area contributed by atoms with Crippen molar-refractivity contribution in [3.8, 4) is 11.3 Å². The highest BCUT2D eigenvalue weighted by Gasteiger charge is 2.09. The van der Waals surface area contributed by atoms with Gasteiger partial charge in [0, 0.05) is 35.4 Å². The lowest BCUT2D eigenvalue weighted by molar-refractivity contribution is 0.866. The highest BCUT2D eigenvalue weighted by Crippen LogP contribution is 2.31. The van der Waals surface area contributed by atoms with Crippen molar-refractivity contribution in [1.29, 1.82) is 0 Å². The van der Waals surface area contributed by atoms with Gasteiger partial charge in [0.2, 0.25) is 0 Å². The minimum atomic E-state index is 0.918. The van der Waals surface area contributed by atoms with Crippen LogP contribution in [0.15, 0.2) is 66.0 Å². The number of hydrogen-bond acceptors (Lipinski definition) is 4. The van der Waals surface area contributed by atoms with Crippen molar-refractivity contribution in [1.82, 2.24) is 4.98 Å². The molecule has 0 unspecified atom stereocenters. The Bertz CT molecular complexity index is 1100. The van der Waals surface area contributed by atoms with Crippen LogP contribution in [-0.2, 0) is 0 Å². The molecule has 28 heavy (non-hydrogen) atoms. The first-order chi connectivity index (χ1) is 13.7. The van der Waals surface area contributed by atoms with Crippen molar-refractivity contribution >= 4 is 38.6 Å². The Morgan fingerprint density at radius 3 is 2.46 bits per heavy atom. The van der Waals surface area contributed by atoms with Crippen LogP contribution < -0.4 is 10.2 Å². The number of hydrogen-bond donors (Lipinski definition) is 1. The van der Waals surface area contributed by atoms with Crippen LogP contribution in [0, 0.1) is 6.92 Å². The molecule has 0 spiro atoms. The third-order valence-electron chi connectivity index (χ3n) is 5.13. The molecule has 4 rings (SSSR count). The van der Waals surface area contributed by atoms with E-state index in [9.17, 15) is 0 Å². The first-order valence-corrected chi connectivity index (χ1v) is 10.6. The van der Waals surface area contributed by atoms with E-state index in [1.807, 2.05) is 0 Å². The topological polar surface area (TPSA) is 28.2 Å². The van der Waals surface area contributed by atoms with E-state index in [0.717, 1.165) is 35.2 Å². The molecule has 142 valence electrons. The summed E-state index contributed by atoms with van der Waals surface area (Å²) in [6, 6.07) is 21.5. The van der Waals surface area contributed by atoms with E-state index < -0.39 is 0 Å². The Morgan fingerprint density at radius 1 is 0.929 bits per heavy atom. The number of rotatable bonds is 6. The number of thiazole rings is 1. The van der Waals surface area contributed by atoms with Crippen molar-refractivity contribution in [3.05, 3.63) is 71.6 Å². The summed E-state index contributed by atoms with van der Waals surface area (Å²) in [6.07, 6.45) is 0. The lowest BCUT2D eigenvalue weighted by Crippen LogP contribution is -2.21. The normalized spacial score (nSPS) is 11.0. The van der Waals surface area contributed by atoms with Gasteiger partial charge in [-0.05, 0) is 61.4 Å². The van der Waals surface area contributed by atoms with Gasteiger partial charge in [0.15, 0.2) is 5.13 Å². The summed E-state index contributed by atoms with van der Waals surface area (Å²) in [5, 5.41) is 9.02. The Hall–Kier alpha value is -2.85. The maximum Gasteiger partial charge on any atom is 0.187 e. The zero-order valence-electron chi connectivity index (χ0n) is 16.6. The fraction of sp³-hybridized carbons (Fsp3) is 0.208. The fourth-order valence-electron chi connectivity index (χ4n) is 3.50. The molecule has 1 N–H and O–H groups in total. The van der Waals surface area contributed by atoms with Gasteiger partial charge in [-0.1, -0.05) is 36.4 Å². The molecule has 0 saturated heterocycles. The minimum Gasteiger partial charge on any atom is -0.372 e. The molecule has 0 aliphatic rings. The van der Waals surface area contributed by atoms with Crippen LogP contribution in [0.5, 0.6) is 0 Å². The van der Waals surface area contributed by atoms with Gasteiger partial charge >= 0.3 is 0 Å². The van der Waals surface area contributed by atoms with Crippen molar-refractivity contribution in [3.63, 3.8) is 0 Å². The van der Waals surface area contributed by atoms with E-state index in [1.165, 1.54) is 22.0 Å². The molecule has 0 atom stereocenters. The third kappa shape index (κ3) is 3.73. The molecular formula is C24H25N3S. The second kappa shape index (κ2) is 8.03. The minimum absolute atomic E-state index is 0.918. The van der Waals surface area contributed by atoms with Crippen LogP contribution >= 0.6 is 11.3 Å². The molecule has 1 heterocycles. The lowest BCUT2D eigenvalue weighted by atomic mass is 10.1. The van der Waals surface area contributed by atoms with Crippen LogP contribution in [0.1, 0.15) is 19.4 Å². The molecule has 0 aliphatic heterocycles. The number of anilines is 3. The van der Waals surface area contributed by atoms with Gasteiger partial charge in [-0.2, -0.15) is 0 Å². The number of benzene rings is 3. The van der Waals surface area contributed by atoms with Gasteiger partial charge in [-0.3, -0.25) is 0 Å². The second-order valence-corrected chi connectivity index (χ2v) is 7.75. The molecule has 0 saturated carbocycles. The summed E-state index contributed by atoms with van der Waals surface area (Å²) >= 11 is 1.64. The highest BCUT2D eigenvalue weighted by atomic mass is 32.1. The standard InChI is InChI=1S/C24H25N3S/c1-4-27(5-2)21-12-13-22(17(3)14-21)25-24-26-23(16-28-24)20-11-10-18-8-6-7-9-19(18)15-20/h6-16H,4-5H2,1-3H3,(H,25,26). The van der Waals surface area contributed by atoms with Crippen LogP contribution in [0.2, 0.25) is 0 Å². The van der Waals surface area contributed by atoms with E-state index in [4.69, 9.17) is 4.98 Å². The number of aromatic nitrogens is 1. The van der Waals surface area contributed by atoms with Gasteiger partial charge in [0.05, 0.1) is 5.69 Å². The Morgan fingerprint density at radius 2 is 1.71 bits per heavy atom. The quantitative estimate of drug-likeness (QED) is 0.391. The first kappa shape index (κ1) is 18.5.